The number of imidazole rings is 1. The fourth-order valence-electron chi connectivity index (χ4n) is 4.46. The lowest BCUT2D eigenvalue weighted by Gasteiger charge is -2.28. The van der Waals surface area contributed by atoms with Gasteiger partial charge in [0.1, 0.15) is 18.4 Å². The van der Waals surface area contributed by atoms with Crippen LogP contribution < -0.4 is 10.2 Å². The van der Waals surface area contributed by atoms with Gasteiger partial charge >= 0.3 is 6.03 Å². The number of aliphatic imine (C=N–C) groups is 1. The Kier molecular flexibility index (Phi) is 5.67. The van der Waals surface area contributed by atoms with Crippen molar-refractivity contribution < 1.29 is 9.59 Å². The molecule has 1 aromatic heterocycles. The molecule has 0 radical (unpaired) electrons. The number of carbonyl (C=O) groups is 2. The maximum Gasteiger partial charge on any atom is 0.328 e. The number of nitrogens with zero attached hydrogens (tertiary/aromatic N) is 4. The first-order chi connectivity index (χ1) is 15.2. The number of hydrogen-bond acceptors (Lipinski definition) is 5. The van der Waals surface area contributed by atoms with Gasteiger partial charge in [-0.1, -0.05) is 6.08 Å². The highest BCUT2D eigenvalue weighted by Gasteiger charge is 2.40. The number of carbonyl (C=O) groups excluding carboxylic acids is 2. The van der Waals surface area contributed by atoms with E-state index in [1.807, 2.05) is 34.9 Å². The summed E-state index contributed by atoms with van der Waals surface area (Å²) < 4.78 is 0. The van der Waals surface area contributed by atoms with Crippen LogP contribution >= 0.6 is 11.8 Å². The maximum absolute atomic E-state index is 13.0. The van der Waals surface area contributed by atoms with Crippen LogP contribution in [0.2, 0.25) is 0 Å². The van der Waals surface area contributed by atoms with E-state index in [-0.39, 0.29) is 24.5 Å². The molecule has 3 heterocycles. The van der Waals surface area contributed by atoms with Crippen molar-refractivity contribution in [1.82, 2.24) is 20.2 Å². The lowest BCUT2D eigenvalue weighted by atomic mass is 9.92. The first-order valence-corrected chi connectivity index (χ1v) is 12.0. The summed E-state index contributed by atoms with van der Waals surface area (Å²) in [6.07, 6.45) is 8.08. The van der Waals surface area contributed by atoms with Gasteiger partial charge in [-0.2, -0.15) is 11.8 Å². The van der Waals surface area contributed by atoms with E-state index in [1.54, 1.807) is 11.2 Å². The predicted octanol–water partition coefficient (Wildman–Crippen LogP) is 2.94. The van der Waals surface area contributed by atoms with Gasteiger partial charge in [0.15, 0.2) is 0 Å². The van der Waals surface area contributed by atoms with Crippen molar-refractivity contribution in [3.8, 4) is 0 Å². The second-order valence-corrected chi connectivity index (χ2v) is 9.25. The number of hydrogen-bond donors (Lipinski definition) is 2. The molecular weight excluding hydrogens is 412 g/mol. The summed E-state index contributed by atoms with van der Waals surface area (Å²) >= 11 is 1.87. The minimum absolute atomic E-state index is 0.0238. The zero-order valence-corrected chi connectivity index (χ0v) is 18.2. The molecule has 31 heavy (non-hydrogen) atoms. The van der Waals surface area contributed by atoms with E-state index in [9.17, 15) is 9.59 Å². The number of allylic oxidation sites excluding steroid dienone is 1. The lowest BCUT2D eigenvalue weighted by molar-refractivity contribution is -0.129. The van der Waals surface area contributed by atoms with Crippen LogP contribution in [-0.4, -0.2) is 69.8 Å². The van der Waals surface area contributed by atoms with Gasteiger partial charge < -0.3 is 9.88 Å². The second kappa shape index (κ2) is 8.74. The van der Waals surface area contributed by atoms with Gasteiger partial charge in [0.05, 0.1) is 17.4 Å². The number of H-pyrrole nitrogens is 1. The van der Waals surface area contributed by atoms with Crippen LogP contribution in [0.5, 0.6) is 0 Å². The molecule has 3 aliphatic rings. The largest absolute Gasteiger partial charge is 0.345 e. The molecule has 1 atom stereocenters. The number of amides is 3. The topological polar surface area (TPSA) is 93.7 Å². The molecule has 2 aliphatic heterocycles. The summed E-state index contributed by atoms with van der Waals surface area (Å²) in [6, 6.07) is 5.26. The number of thioether (sulfide) groups is 1. The standard InChI is InChI=1S/C22H26N6O2S/c29-19(27-8-10-31-11-9-27)13-23-21-20(15-4-2-1-3-5-15)28(22(30)26-21)16-6-7-17-18(12-16)25-14-24-17/h4,6-7,12,14,20H,1-3,5,8-11,13H2,(H,24,25)(H,23,26,30). The van der Waals surface area contributed by atoms with Crippen molar-refractivity contribution >= 4 is 46.3 Å². The number of fused-ring (bicyclic) bond motifs is 1. The highest BCUT2D eigenvalue weighted by Crippen LogP contribution is 2.32. The molecule has 2 fully saturated rings. The maximum atomic E-state index is 13.0. The molecule has 0 spiro atoms. The number of rotatable bonds is 4. The van der Waals surface area contributed by atoms with Crippen LogP contribution in [0.25, 0.3) is 11.0 Å². The van der Waals surface area contributed by atoms with Crippen LogP contribution in [0.1, 0.15) is 25.7 Å². The predicted molar refractivity (Wildman–Crippen MR) is 124 cm³/mol. The van der Waals surface area contributed by atoms with E-state index in [4.69, 9.17) is 0 Å². The van der Waals surface area contributed by atoms with Crippen molar-refractivity contribution in [2.75, 3.05) is 36.0 Å². The Morgan fingerprint density at radius 1 is 1.26 bits per heavy atom. The van der Waals surface area contributed by atoms with Crippen molar-refractivity contribution in [2.24, 2.45) is 4.99 Å². The van der Waals surface area contributed by atoms with E-state index in [0.717, 1.165) is 67.0 Å². The number of aromatic nitrogens is 2. The van der Waals surface area contributed by atoms with Crippen molar-refractivity contribution in [3.05, 3.63) is 36.2 Å². The van der Waals surface area contributed by atoms with Gasteiger partial charge in [-0.05, 0) is 49.5 Å². The zero-order chi connectivity index (χ0) is 21.2. The molecule has 1 aromatic carbocycles. The van der Waals surface area contributed by atoms with E-state index in [2.05, 4.69) is 26.4 Å². The van der Waals surface area contributed by atoms with Crippen LogP contribution in [0.3, 0.4) is 0 Å². The van der Waals surface area contributed by atoms with Gasteiger partial charge in [0.2, 0.25) is 5.91 Å². The molecule has 9 heteroatoms. The fourth-order valence-corrected chi connectivity index (χ4v) is 5.36. The van der Waals surface area contributed by atoms with Gasteiger partial charge in [-0.3, -0.25) is 20.0 Å². The third-order valence-electron chi connectivity index (χ3n) is 6.08. The summed E-state index contributed by atoms with van der Waals surface area (Å²) in [5, 5.41) is 2.95. The third kappa shape index (κ3) is 4.06. The van der Waals surface area contributed by atoms with E-state index < -0.39 is 0 Å². The Morgan fingerprint density at radius 2 is 2.13 bits per heavy atom. The molecule has 8 nitrogen and oxygen atoms in total. The van der Waals surface area contributed by atoms with Crippen LogP contribution in [0, 0.1) is 0 Å². The first kappa shape index (κ1) is 20.1. The van der Waals surface area contributed by atoms with Crippen molar-refractivity contribution in [1.29, 1.82) is 0 Å². The van der Waals surface area contributed by atoms with E-state index in [1.165, 1.54) is 5.57 Å². The average Bonchev–Trinajstić information content (AvgIpc) is 3.41. The molecule has 5 rings (SSSR count). The van der Waals surface area contributed by atoms with Gasteiger partial charge in [-0.15, -0.1) is 0 Å². The van der Waals surface area contributed by atoms with Crippen LogP contribution in [0.15, 0.2) is 41.2 Å². The highest BCUT2D eigenvalue weighted by atomic mass is 32.2. The zero-order valence-electron chi connectivity index (χ0n) is 17.3. The molecule has 2 aromatic rings. The molecule has 2 saturated heterocycles. The third-order valence-corrected chi connectivity index (χ3v) is 7.02. The second-order valence-electron chi connectivity index (χ2n) is 8.03. The molecule has 0 bridgehead atoms. The van der Waals surface area contributed by atoms with Gasteiger partial charge in [-0.25, -0.2) is 9.78 Å². The minimum atomic E-state index is -0.294. The highest BCUT2D eigenvalue weighted by molar-refractivity contribution is 7.99. The molecule has 3 amide bonds. The molecule has 2 N–H and O–H groups in total. The van der Waals surface area contributed by atoms with Gasteiger partial charge in [0.25, 0.3) is 0 Å². The summed E-state index contributed by atoms with van der Waals surface area (Å²) in [5.74, 6) is 2.54. The number of aromatic amines is 1. The lowest BCUT2D eigenvalue weighted by Crippen LogP contribution is -2.40. The summed E-state index contributed by atoms with van der Waals surface area (Å²) in [7, 11) is 0. The fraction of sp³-hybridized carbons (Fsp3) is 0.455. The Balaban J connectivity index is 1.45. The first-order valence-electron chi connectivity index (χ1n) is 10.8. The Morgan fingerprint density at radius 3 is 2.94 bits per heavy atom. The molecule has 162 valence electrons. The summed E-state index contributed by atoms with van der Waals surface area (Å²) in [4.78, 5) is 41.3. The van der Waals surface area contributed by atoms with Crippen molar-refractivity contribution in [3.63, 3.8) is 0 Å². The van der Waals surface area contributed by atoms with Gasteiger partial charge in [0, 0.05) is 30.3 Å². The monoisotopic (exact) mass is 438 g/mol. The molecule has 1 unspecified atom stereocenters. The molecular formula is C22H26N6O2S. The number of amidine groups is 1. The quantitative estimate of drug-likeness (QED) is 0.718. The Labute approximate surface area is 185 Å². The Hall–Kier alpha value is -2.81. The van der Waals surface area contributed by atoms with Crippen LogP contribution in [0.4, 0.5) is 10.5 Å². The molecule has 0 saturated carbocycles. The van der Waals surface area contributed by atoms with Crippen molar-refractivity contribution in [2.45, 2.75) is 31.7 Å². The number of benzene rings is 1. The van der Waals surface area contributed by atoms with Crippen LogP contribution in [-0.2, 0) is 4.79 Å². The summed E-state index contributed by atoms with van der Waals surface area (Å²) in [6.45, 7) is 1.61. The SMILES string of the molecule is O=C(CN=C1NC(=O)N(c2ccc3nc[nH]c3c2)C1C1=CCCCC1)N1CCSCC1. The number of nitrogens with one attached hydrogen (secondary N) is 2. The number of urea groups is 1. The number of anilines is 1. The molecule has 1 aliphatic carbocycles. The smallest absolute Gasteiger partial charge is 0.328 e. The van der Waals surface area contributed by atoms with E-state index in [0.29, 0.717) is 5.84 Å². The normalized spacial score (nSPS) is 23.4. The average molecular weight is 439 g/mol. The van der Waals surface area contributed by atoms with E-state index >= 15 is 0 Å². The Bertz CT molecular complexity index is 1060. The minimum Gasteiger partial charge on any atom is -0.345 e. The summed E-state index contributed by atoms with van der Waals surface area (Å²) in [5.41, 5.74) is 3.71.